The molecule has 4 rings (SSSR count). The molecule has 0 radical (unpaired) electrons. The summed E-state index contributed by atoms with van der Waals surface area (Å²) < 4.78 is 0. The summed E-state index contributed by atoms with van der Waals surface area (Å²) in [6, 6.07) is 11.0. The monoisotopic (exact) mass is 359 g/mol. The Morgan fingerprint density at radius 1 is 0.577 bits per heavy atom. The van der Waals surface area contributed by atoms with Gasteiger partial charge < -0.3 is 9.80 Å². The van der Waals surface area contributed by atoms with Gasteiger partial charge in [-0.15, -0.1) is 0 Å². The van der Waals surface area contributed by atoms with Gasteiger partial charge >= 0.3 is 0 Å². The van der Waals surface area contributed by atoms with Gasteiger partial charge in [0.15, 0.2) is 0 Å². The fourth-order valence-electron chi connectivity index (χ4n) is 3.82. The molecule has 0 spiro atoms. The van der Waals surface area contributed by atoms with E-state index in [0.717, 1.165) is 19.6 Å². The lowest BCUT2D eigenvalue weighted by atomic mass is 10.2. The Labute approximate surface area is 160 Å². The highest BCUT2D eigenvalue weighted by molar-refractivity contribution is 5.14. The standard InChI is InChI=1S/C21H37N5/c1-22-8-12-24-14-10-23(2)11-15-25(13-9-22)17-19-26(18-16-24)20-21-6-4-3-5-7-21/h3-7H,8-20H2,1-2H3. The van der Waals surface area contributed by atoms with Crippen molar-refractivity contribution in [2.75, 3.05) is 92.6 Å². The summed E-state index contributed by atoms with van der Waals surface area (Å²) in [6.45, 7) is 15.2. The van der Waals surface area contributed by atoms with Gasteiger partial charge in [0, 0.05) is 85.1 Å². The second kappa shape index (κ2) is 10.4. The molecule has 3 saturated heterocycles. The Hall–Kier alpha value is -0.980. The SMILES string of the molecule is CN1CCN2CCN(C)CCN(CC1)CCN(Cc1ccccc1)CC2. The van der Waals surface area contributed by atoms with Crippen molar-refractivity contribution in [1.82, 2.24) is 24.5 Å². The van der Waals surface area contributed by atoms with Gasteiger partial charge in [0.1, 0.15) is 0 Å². The van der Waals surface area contributed by atoms with Crippen LogP contribution < -0.4 is 0 Å². The molecule has 2 bridgehead atoms. The Kier molecular flexibility index (Phi) is 7.89. The first-order chi connectivity index (χ1) is 12.7. The molecule has 0 N–H and O–H groups in total. The molecule has 5 heteroatoms. The minimum absolute atomic E-state index is 1.07. The van der Waals surface area contributed by atoms with E-state index in [1.54, 1.807) is 0 Å². The zero-order valence-electron chi connectivity index (χ0n) is 16.8. The highest BCUT2D eigenvalue weighted by Crippen LogP contribution is 2.07. The summed E-state index contributed by atoms with van der Waals surface area (Å²) in [6.07, 6.45) is 0. The van der Waals surface area contributed by atoms with E-state index in [0.29, 0.717) is 0 Å². The Bertz CT molecular complexity index is 466. The quantitative estimate of drug-likeness (QED) is 0.780. The minimum Gasteiger partial charge on any atom is -0.304 e. The molecule has 0 amide bonds. The highest BCUT2D eigenvalue weighted by atomic mass is 15.3. The van der Waals surface area contributed by atoms with Crippen molar-refractivity contribution in [3.63, 3.8) is 0 Å². The van der Waals surface area contributed by atoms with Crippen molar-refractivity contribution in [1.29, 1.82) is 0 Å². The molecular weight excluding hydrogens is 322 g/mol. The van der Waals surface area contributed by atoms with Crippen molar-refractivity contribution in [2.24, 2.45) is 0 Å². The maximum atomic E-state index is 2.67. The van der Waals surface area contributed by atoms with E-state index in [1.807, 2.05) is 0 Å². The van der Waals surface area contributed by atoms with E-state index in [9.17, 15) is 0 Å². The summed E-state index contributed by atoms with van der Waals surface area (Å²) in [5.74, 6) is 0. The first-order valence-corrected chi connectivity index (χ1v) is 10.3. The summed E-state index contributed by atoms with van der Waals surface area (Å²) in [5, 5.41) is 0. The second-order valence-electron chi connectivity index (χ2n) is 8.05. The van der Waals surface area contributed by atoms with Crippen molar-refractivity contribution < 1.29 is 0 Å². The molecule has 0 aromatic heterocycles. The zero-order valence-corrected chi connectivity index (χ0v) is 16.8. The third kappa shape index (κ3) is 6.63. The first-order valence-electron chi connectivity index (χ1n) is 10.3. The third-order valence-electron chi connectivity index (χ3n) is 5.91. The molecule has 3 heterocycles. The maximum absolute atomic E-state index is 2.67. The van der Waals surface area contributed by atoms with Gasteiger partial charge in [-0.3, -0.25) is 14.7 Å². The van der Waals surface area contributed by atoms with E-state index >= 15 is 0 Å². The van der Waals surface area contributed by atoms with Crippen LogP contribution in [0.2, 0.25) is 0 Å². The van der Waals surface area contributed by atoms with Gasteiger partial charge in [0.2, 0.25) is 0 Å². The topological polar surface area (TPSA) is 16.2 Å². The lowest BCUT2D eigenvalue weighted by Crippen LogP contribution is -2.49. The molecule has 0 unspecified atom stereocenters. The van der Waals surface area contributed by atoms with E-state index in [2.05, 4.69) is 68.9 Å². The molecule has 0 atom stereocenters. The Balaban J connectivity index is 1.70. The third-order valence-corrected chi connectivity index (χ3v) is 5.91. The molecular formula is C21H37N5. The molecule has 0 saturated carbocycles. The summed E-state index contributed by atoms with van der Waals surface area (Å²) >= 11 is 0. The lowest BCUT2D eigenvalue weighted by Gasteiger charge is -2.36. The summed E-state index contributed by atoms with van der Waals surface area (Å²) in [5.41, 5.74) is 1.43. The van der Waals surface area contributed by atoms with Gasteiger partial charge in [0.05, 0.1) is 0 Å². The van der Waals surface area contributed by atoms with Crippen LogP contribution in [0.4, 0.5) is 0 Å². The zero-order chi connectivity index (χ0) is 18.2. The fraction of sp³-hybridized carbons (Fsp3) is 0.714. The van der Waals surface area contributed by atoms with Crippen molar-refractivity contribution in [2.45, 2.75) is 6.54 Å². The van der Waals surface area contributed by atoms with Crippen LogP contribution >= 0.6 is 0 Å². The van der Waals surface area contributed by atoms with Gasteiger partial charge in [-0.1, -0.05) is 30.3 Å². The molecule has 0 aliphatic carbocycles. The number of rotatable bonds is 2. The predicted octanol–water partition coefficient (Wildman–Crippen LogP) is 0.983. The van der Waals surface area contributed by atoms with Crippen LogP contribution in [0, 0.1) is 0 Å². The second-order valence-corrected chi connectivity index (χ2v) is 8.05. The van der Waals surface area contributed by atoms with Crippen molar-refractivity contribution in [3.8, 4) is 0 Å². The summed E-state index contributed by atoms with van der Waals surface area (Å²) in [7, 11) is 4.56. The number of hydrogen-bond donors (Lipinski definition) is 0. The summed E-state index contributed by atoms with van der Waals surface area (Å²) in [4.78, 5) is 13.0. The van der Waals surface area contributed by atoms with Crippen molar-refractivity contribution in [3.05, 3.63) is 35.9 Å². The van der Waals surface area contributed by atoms with Crippen LogP contribution in [0.5, 0.6) is 0 Å². The lowest BCUT2D eigenvalue weighted by molar-refractivity contribution is 0.113. The smallest absolute Gasteiger partial charge is 0.0234 e. The van der Waals surface area contributed by atoms with Crippen LogP contribution in [0.25, 0.3) is 0 Å². The molecule has 26 heavy (non-hydrogen) atoms. The van der Waals surface area contributed by atoms with Crippen LogP contribution in [-0.2, 0) is 6.54 Å². The molecule has 1 aromatic carbocycles. The van der Waals surface area contributed by atoms with Crippen molar-refractivity contribution >= 4 is 0 Å². The molecule has 3 aliphatic rings. The van der Waals surface area contributed by atoms with E-state index < -0.39 is 0 Å². The molecule has 3 fully saturated rings. The van der Waals surface area contributed by atoms with E-state index in [1.165, 1.54) is 71.0 Å². The predicted molar refractivity (Wildman–Crippen MR) is 110 cm³/mol. The average molecular weight is 360 g/mol. The maximum Gasteiger partial charge on any atom is 0.0234 e. The number of hydrogen-bond acceptors (Lipinski definition) is 5. The normalized spacial score (nSPS) is 28.5. The Morgan fingerprint density at radius 3 is 1.46 bits per heavy atom. The number of nitrogens with zero attached hydrogens (tertiary/aromatic N) is 5. The van der Waals surface area contributed by atoms with Crippen LogP contribution in [0.15, 0.2) is 30.3 Å². The van der Waals surface area contributed by atoms with Crippen LogP contribution in [-0.4, -0.2) is 117 Å². The van der Waals surface area contributed by atoms with Crippen LogP contribution in [0.1, 0.15) is 5.56 Å². The van der Waals surface area contributed by atoms with Gasteiger partial charge in [0.25, 0.3) is 0 Å². The van der Waals surface area contributed by atoms with Gasteiger partial charge in [-0.2, -0.15) is 0 Å². The molecule has 5 nitrogen and oxygen atoms in total. The largest absolute Gasteiger partial charge is 0.304 e. The first kappa shape index (κ1) is 19.8. The number of fused-ring (bicyclic) bond motifs is 12. The molecule has 146 valence electrons. The van der Waals surface area contributed by atoms with Gasteiger partial charge in [-0.25, -0.2) is 0 Å². The number of likely N-dealkylation sites (N-methyl/N-ethyl adjacent to an activating group) is 2. The Morgan fingerprint density at radius 2 is 1.00 bits per heavy atom. The van der Waals surface area contributed by atoms with E-state index in [4.69, 9.17) is 0 Å². The molecule has 3 aliphatic heterocycles. The van der Waals surface area contributed by atoms with E-state index in [-0.39, 0.29) is 0 Å². The molecule has 1 aromatic rings. The van der Waals surface area contributed by atoms with Crippen LogP contribution in [0.3, 0.4) is 0 Å². The van der Waals surface area contributed by atoms with Gasteiger partial charge in [-0.05, 0) is 19.7 Å². The fourth-order valence-corrected chi connectivity index (χ4v) is 3.82. The number of benzene rings is 1. The average Bonchev–Trinajstić information content (AvgIpc) is 2.64. The minimum atomic E-state index is 1.07. The highest BCUT2D eigenvalue weighted by Gasteiger charge is 2.17.